The minimum Gasteiger partial charge on any atom is -0.472 e. The van der Waals surface area contributed by atoms with E-state index in [4.69, 9.17) is 4.74 Å². The van der Waals surface area contributed by atoms with E-state index >= 15 is 0 Å². The number of hydrogen-bond acceptors (Lipinski definition) is 4. The maximum absolute atomic E-state index is 13.4. The number of aliphatic hydroxyl groups excluding tert-OH is 1. The number of benzene rings is 1. The molecule has 7 heteroatoms. The second-order valence-corrected chi connectivity index (χ2v) is 5.99. The van der Waals surface area contributed by atoms with Gasteiger partial charge in [0.05, 0.1) is 24.5 Å². The lowest BCUT2D eigenvalue weighted by Gasteiger charge is -2.26. The quantitative estimate of drug-likeness (QED) is 0.892. The van der Waals surface area contributed by atoms with Gasteiger partial charge in [0.15, 0.2) is 0 Å². The molecule has 0 radical (unpaired) electrons. The van der Waals surface area contributed by atoms with E-state index in [0.717, 1.165) is 24.5 Å². The number of aliphatic hydroxyl groups is 1. The number of nitrogens with zero attached hydrogens (tertiary/aromatic N) is 2. The van der Waals surface area contributed by atoms with Gasteiger partial charge in [-0.3, -0.25) is 0 Å². The molecule has 1 atom stereocenters. The van der Waals surface area contributed by atoms with Gasteiger partial charge in [-0.25, -0.2) is 4.98 Å². The molecule has 3 rings (SSSR count). The Balaban J connectivity index is 1.85. The van der Waals surface area contributed by atoms with Crippen molar-refractivity contribution in [3.8, 4) is 5.88 Å². The van der Waals surface area contributed by atoms with Crippen LogP contribution in [-0.4, -0.2) is 29.3 Å². The fourth-order valence-corrected chi connectivity index (χ4v) is 3.01. The van der Waals surface area contributed by atoms with Crippen LogP contribution >= 0.6 is 0 Å². The van der Waals surface area contributed by atoms with Crippen molar-refractivity contribution >= 4 is 5.69 Å². The standard InChI is InChI=1S/C18H19F3N2O2/c19-18(20,21)16-9-15(23-8-4-7-14(23)11-24)10-22-17(16)25-12-13-5-2-1-3-6-13/h1-3,5-6,9-10,14,24H,4,7-8,11-12H2. The van der Waals surface area contributed by atoms with Crippen molar-refractivity contribution in [3.05, 3.63) is 53.7 Å². The lowest BCUT2D eigenvalue weighted by molar-refractivity contribution is -0.139. The molecule has 0 bridgehead atoms. The number of ether oxygens (including phenoxy) is 1. The second-order valence-electron chi connectivity index (χ2n) is 5.99. The number of anilines is 1. The zero-order chi connectivity index (χ0) is 17.9. The third kappa shape index (κ3) is 4.04. The Labute approximate surface area is 143 Å². The van der Waals surface area contributed by atoms with Gasteiger partial charge >= 0.3 is 6.18 Å². The smallest absolute Gasteiger partial charge is 0.421 e. The van der Waals surface area contributed by atoms with E-state index in [1.54, 1.807) is 29.2 Å². The summed E-state index contributed by atoms with van der Waals surface area (Å²) >= 11 is 0. The number of rotatable bonds is 5. The summed E-state index contributed by atoms with van der Waals surface area (Å²) in [4.78, 5) is 5.68. The van der Waals surface area contributed by atoms with Crippen LogP contribution in [0.3, 0.4) is 0 Å². The number of alkyl halides is 3. The Hall–Kier alpha value is -2.28. The van der Waals surface area contributed by atoms with Crippen molar-refractivity contribution in [1.82, 2.24) is 4.98 Å². The average Bonchev–Trinajstić information content (AvgIpc) is 3.08. The minimum absolute atomic E-state index is 0.0131. The fourth-order valence-electron chi connectivity index (χ4n) is 3.01. The van der Waals surface area contributed by atoms with E-state index in [9.17, 15) is 18.3 Å². The maximum atomic E-state index is 13.4. The third-order valence-electron chi connectivity index (χ3n) is 4.28. The normalized spacial score (nSPS) is 17.8. The highest BCUT2D eigenvalue weighted by Gasteiger charge is 2.37. The molecule has 1 aromatic carbocycles. The molecule has 1 saturated heterocycles. The second kappa shape index (κ2) is 7.31. The van der Waals surface area contributed by atoms with Crippen molar-refractivity contribution in [2.75, 3.05) is 18.1 Å². The molecule has 134 valence electrons. The van der Waals surface area contributed by atoms with Gasteiger partial charge in [-0.15, -0.1) is 0 Å². The van der Waals surface area contributed by atoms with E-state index in [1.807, 2.05) is 6.07 Å². The zero-order valence-electron chi connectivity index (χ0n) is 13.5. The molecule has 1 aliphatic rings. The van der Waals surface area contributed by atoms with Crippen LogP contribution in [0.5, 0.6) is 5.88 Å². The molecule has 1 aliphatic heterocycles. The number of halogens is 3. The first-order chi connectivity index (χ1) is 12.0. The highest BCUT2D eigenvalue weighted by atomic mass is 19.4. The Morgan fingerprint density at radius 2 is 2.00 bits per heavy atom. The molecule has 2 aromatic rings. The van der Waals surface area contributed by atoms with Gasteiger partial charge in [0.2, 0.25) is 5.88 Å². The van der Waals surface area contributed by atoms with E-state index in [2.05, 4.69) is 4.98 Å². The topological polar surface area (TPSA) is 45.6 Å². The van der Waals surface area contributed by atoms with Crippen LogP contribution in [0.15, 0.2) is 42.6 Å². The van der Waals surface area contributed by atoms with Crippen LogP contribution in [0.4, 0.5) is 18.9 Å². The summed E-state index contributed by atoms with van der Waals surface area (Å²) in [6, 6.07) is 9.85. The Morgan fingerprint density at radius 1 is 1.24 bits per heavy atom. The van der Waals surface area contributed by atoms with Gasteiger partial charge < -0.3 is 14.7 Å². The Morgan fingerprint density at radius 3 is 2.68 bits per heavy atom. The molecule has 1 unspecified atom stereocenters. The molecule has 1 N–H and O–H groups in total. The Bertz CT molecular complexity index is 707. The summed E-state index contributed by atoms with van der Waals surface area (Å²) in [5, 5.41) is 9.38. The largest absolute Gasteiger partial charge is 0.472 e. The van der Waals surface area contributed by atoms with Gasteiger partial charge in [0.25, 0.3) is 0 Å². The third-order valence-corrected chi connectivity index (χ3v) is 4.28. The fraction of sp³-hybridized carbons (Fsp3) is 0.389. The van der Waals surface area contributed by atoms with E-state index < -0.39 is 17.6 Å². The van der Waals surface area contributed by atoms with Crippen LogP contribution in [0.1, 0.15) is 24.0 Å². The molecule has 25 heavy (non-hydrogen) atoms. The molecule has 0 aliphatic carbocycles. The molecule has 1 fully saturated rings. The van der Waals surface area contributed by atoms with Gasteiger partial charge in [0.1, 0.15) is 12.2 Å². The summed E-state index contributed by atoms with van der Waals surface area (Å²) in [6.45, 7) is 0.529. The molecular formula is C18H19F3N2O2. The molecular weight excluding hydrogens is 333 g/mol. The van der Waals surface area contributed by atoms with Gasteiger partial charge in [-0.05, 0) is 24.5 Å². The summed E-state index contributed by atoms with van der Waals surface area (Å²) in [5.74, 6) is -0.431. The van der Waals surface area contributed by atoms with Gasteiger partial charge in [0, 0.05) is 6.54 Å². The molecule has 0 saturated carbocycles. The first-order valence-corrected chi connectivity index (χ1v) is 8.10. The number of pyridine rings is 1. The monoisotopic (exact) mass is 352 g/mol. The molecule has 2 heterocycles. The molecule has 0 spiro atoms. The van der Waals surface area contributed by atoms with Crippen LogP contribution in [0.25, 0.3) is 0 Å². The highest BCUT2D eigenvalue weighted by Crippen LogP contribution is 2.38. The highest BCUT2D eigenvalue weighted by molar-refractivity contribution is 5.51. The first-order valence-electron chi connectivity index (χ1n) is 8.10. The molecule has 0 amide bonds. The SMILES string of the molecule is OCC1CCCN1c1cnc(OCc2ccccc2)c(C(F)(F)F)c1. The number of aromatic nitrogens is 1. The predicted molar refractivity (Wildman–Crippen MR) is 87.5 cm³/mol. The van der Waals surface area contributed by atoms with Crippen LogP contribution in [0.2, 0.25) is 0 Å². The molecule has 1 aromatic heterocycles. The van der Waals surface area contributed by atoms with Crippen molar-refractivity contribution in [3.63, 3.8) is 0 Å². The van der Waals surface area contributed by atoms with Gasteiger partial charge in [-0.1, -0.05) is 30.3 Å². The van der Waals surface area contributed by atoms with Crippen LogP contribution in [0, 0.1) is 0 Å². The maximum Gasteiger partial charge on any atom is 0.421 e. The zero-order valence-corrected chi connectivity index (χ0v) is 13.5. The van der Waals surface area contributed by atoms with E-state index in [0.29, 0.717) is 12.2 Å². The predicted octanol–water partition coefficient (Wildman–Crippen LogP) is 3.64. The van der Waals surface area contributed by atoms with Crippen molar-refractivity contribution < 1.29 is 23.0 Å². The average molecular weight is 352 g/mol. The van der Waals surface area contributed by atoms with Crippen molar-refractivity contribution in [2.24, 2.45) is 0 Å². The van der Waals surface area contributed by atoms with Crippen LogP contribution in [-0.2, 0) is 12.8 Å². The van der Waals surface area contributed by atoms with E-state index in [1.165, 1.54) is 6.20 Å². The van der Waals surface area contributed by atoms with Gasteiger partial charge in [-0.2, -0.15) is 13.2 Å². The van der Waals surface area contributed by atoms with E-state index in [-0.39, 0.29) is 19.3 Å². The Kier molecular flexibility index (Phi) is 5.13. The first kappa shape index (κ1) is 17.5. The summed E-state index contributed by atoms with van der Waals surface area (Å²) in [7, 11) is 0. The van der Waals surface area contributed by atoms with Crippen molar-refractivity contribution in [2.45, 2.75) is 31.7 Å². The van der Waals surface area contributed by atoms with Crippen molar-refractivity contribution in [1.29, 1.82) is 0 Å². The minimum atomic E-state index is -4.57. The lowest BCUT2D eigenvalue weighted by atomic mass is 10.2. The summed E-state index contributed by atoms with van der Waals surface area (Å²) in [5.41, 5.74) is 0.224. The summed E-state index contributed by atoms with van der Waals surface area (Å²) < 4.78 is 45.6. The summed E-state index contributed by atoms with van der Waals surface area (Å²) in [6.07, 6.45) is -1.60. The van der Waals surface area contributed by atoms with Crippen LogP contribution < -0.4 is 9.64 Å². The number of hydrogen-bond donors (Lipinski definition) is 1. The lowest BCUT2D eigenvalue weighted by Crippen LogP contribution is -2.32. The molecule has 4 nitrogen and oxygen atoms in total.